The molecule has 0 heterocycles. The Morgan fingerprint density at radius 3 is 2.21 bits per heavy atom. The molecule has 0 aliphatic heterocycles. The number of benzene rings is 2. The Balaban J connectivity index is 1.70. The zero-order chi connectivity index (χ0) is 20.2. The number of hydrogen-bond acceptors (Lipinski definition) is 7. The van der Waals surface area contributed by atoms with Crippen molar-refractivity contribution >= 4 is 11.9 Å². The largest absolute Gasteiger partial charge is 0.491 e. The van der Waals surface area contributed by atoms with Crippen LogP contribution in [-0.4, -0.2) is 38.4 Å². The number of hydrogen-bond donors (Lipinski definition) is 0. The van der Waals surface area contributed by atoms with Gasteiger partial charge >= 0.3 is 11.9 Å². The van der Waals surface area contributed by atoms with Gasteiger partial charge in [0.15, 0.2) is 0 Å². The first-order valence-corrected chi connectivity index (χ1v) is 8.44. The number of nitrogens with zero attached hydrogens (tertiary/aromatic N) is 1. The zero-order valence-electron chi connectivity index (χ0n) is 15.1. The van der Waals surface area contributed by atoms with E-state index in [9.17, 15) is 9.59 Å². The lowest BCUT2D eigenvalue weighted by atomic mass is 10.2. The minimum absolute atomic E-state index is 0.154. The van der Waals surface area contributed by atoms with E-state index < -0.39 is 11.9 Å². The first-order chi connectivity index (χ1) is 13.6. The van der Waals surface area contributed by atoms with Crippen LogP contribution in [0.4, 0.5) is 0 Å². The lowest BCUT2D eigenvalue weighted by Crippen LogP contribution is -2.12. The van der Waals surface area contributed by atoms with E-state index in [1.807, 2.05) is 6.07 Å². The molecule has 7 nitrogen and oxygen atoms in total. The molecule has 0 aliphatic carbocycles. The van der Waals surface area contributed by atoms with E-state index in [2.05, 4.69) is 6.58 Å². The van der Waals surface area contributed by atoms with E-state index >= 15 is 0 Å². The van der Waals surface area contributed by atoms with E-state index in [4.69, 9.17) is 24.2 Å². The molecule has 144 valence electrons. The second-order valence-corrected chi connectivity index (χ2v) is 5.38. The highest BCUT2D eigenvalue weighted by atomic mass is 16.6. The number of nitriles is 1. The molecule has 0 fully saturated rings. The average Bonchev–Trinajstić information content (AvgIpc) is 2.73. The summed E-state index contributed by atoms with van der Waals surface area (Å²) in [5.41, 5.74) is 0.861. The molecule has 0 saturated carbocycles. The van der Waals surface area contributed by atoms with Crippen LogP contribution in [0.2, 0.25) is 0 Å². The maximum absolute atomic E-state index is 12.1. The van der Waals surface area contributed by atoms with Crippen LogP contribution in [0.25, 0.3) is 0 Å². The first-order valence-electron chi connectivity index (χ1n) is 8.44. The summed E-state index contributed by atoms with van der Waals surface area (Å²) in [6.07, 6.45) is 1.09. The Morgan fingerprint density at radius 1 is 0.929 bits per heavy atom. The van der Waals surface area contributed by atoms with Crippen molar-refractivity contribution in [2.45, 2.75) is 0 Å². The van der Waals surface area contributed by atoms with E-state index in [1.54, 1.807) is 48.5 Å². The molecule has 0 radical (unpaired) electrons. The van der Waals surface area contributed by atoms with Crippen LogP contribution in [0.15, 0.2) is 61.2 Å². The van der Waals surface area contributed by atoms with Gasteiger partial charge in [0.2, 0.25) is 0 Å². The maximum Gasteiger partial charge on any atom is 0.343 e. The van der Waals surface area contributed by atoms with Crippen molar-refractivity contribution < 1.29 is 28.5 Å². The van der Waals surface area contributed by atoms with Crippen LogP contribution in [-0.2, 0) is 14.3 Å². The van der Waals surface area contributed by atoms with E-state index in [1.165, 1.54) is 0 Å². The highest BCUT2D eigenvalue weighted by Gasteiger charge is 2.09. The van der Waals surface area contributed by atoms with Crippen molar-refractivity contribution in [2.75, 3.05) is 26.4 Å². The third-order valence-electron chi connectivity index (χ3n) is 3.42. The normalized spacial score (nSPS) is 9.82. The first kappa shape index (κ1) is 20.7. The van der Waals surface area contributed by atoms with Crippen LogP contribution >= 0.6 is 0 Å². The summed E-state index contributed by atoms with van der Waals surface area (Å²) in [4.78, 5) is 22.9. The van der Waals surface area contributed by atoms with Gasteiger partial charge in [-0.3, -0.25) is 0 Å². The van der Waals surface area contributed by atoms with Crippen molar-refractivity contribution in [2.24, 2.45) is 0 Å². The molecule has 0 saturated heterocycles. The van der Waals surface area contributed by atoms with Crippen molar-refractivity contribution in [3.05, 3.63) is 72.3 Å². The molecule has 0 amide bonds. The summed E-state index contributed by atoms with van der Waals surface area (Å²) < 4.78 is 20.8. The van der Waals surface area contributed by atoms with Crippen LogP contribution in [0.1, 0.15) is 15.9 Å². The molecule has 28 heavy (non-hydrogen) atoms. The van der Waals surface area contributed by atoms with Crippen LogP contribution in [0.5, 0.6) is 11.5 Å². The second-order valence-electron chi connectivity index (χ2n) is 5.38. The van der Waals surface area contributed by atoms with Crippen LogP contribution in [0.3, 0.4) is 0 Å². The predicted molar refractivity (Wildman–Crippen MR) is 100 cm³/mol. The fraction of sp³-hybridized carbons (Fsp3) is 0.190. The van der Waals surface area contributed by atoms with Crippen molar-refractivity contribution in [1.29, 1.82) is 5.26 Å². The minimum Gasteiger partial charge on any atom is -0.491 e. The van der Waals surface area contributed by atoms with Gasteiger partial charge in [0.05, 0.1) is 30.4 Å². The van der Waals surface area contributed by atoms with Gasteiger partial charge < -0.3 is 18.9 Å². The summed E-state index contributed by atoms with van der Waals surface area (Å²) in [6, 6.07) is 14.8. The second kappa shape index (κ2) is 11.2. The van der Waals surface area contributed by atoms with Crippen LogP contribution < -0.4 is 9.47 Å². The number of carbonyl (C=O) groups excluding carboxylic acids is 2. The van der Waals surface area contributed by atoms with Gasteiger partial charge in [-0.2, -0.15) is 5.26 Å². The monoisotopic (exact) mass is 381 g/mol. The molecule has 0 aromatic heterocycles. The molecule has 0 N–H and O–H groups in total. The summed E-state index contributed by atoms with van der Waals surface area (Å²) in [7, 11) is 0. The highest BCUT2D eigenvalue weighted by Crippen LogP contribution is 2.16. The summed E-state index contributed by atoms with van der Waals surface area (Å²) in [5.74, 6) is -0.0526. The highest BCUT2D eigenvalue weighted by molar-refractivity contribution is 5.91. The maximum atomic E-state index is 12.1. The van der Waals surface area contributed by atoms with E-state index in [0.29, 0.717) is 35.8 Å². The Bertz CT molecular complexity index is 837. The number of esters is 2. The number of carbonyl (C=O) groups is 2. The van der Waals surface area contributed by atoms with Crippen molar-refractivity contribution in [3.63, 3.8) is 0 Å². The molecule has 0 atom stereocenters. The molecule has 2 aromatic carbocycles. The molecule has 0 spiro atoms. The third-order valence-corrected chi connectivity index (χ3v) is 3.42. The molecule has 0 unspecified atom stereocenters. The lowest BCUT2D eigenvalue weighted by Gasteiger charge is -2.08. The zero-order valence-corrected chi connectivity index (χ0v) is 15.1. The molecule has 2 aromatic rings. The summed E-state index contributed by atoms with van der Waals surface area (Å²) >= 11 is 0. The topological polar surface area (TPSA) is 94.8 Å². The van der Waals surface area contributed by atoms with Gasteiger partial charge in [0, 0.05) is 6.08 Å². The summed E-state index contributed by atoms with van der Waals surface area (Å²) in [5, 5.41) is 8.76. The Labute approximate surface area is 162 Å². The molecule has 0 bridgehead atoms. The predicted octanol–water partition coefficient (Wildman–Crippen LogP) is 2.90. The SMILES string of the molecule is C=CC(=O)OCCOCCOc1ccc(C(=O)Oc2ccc(C#N)cc2)cc1. The van der Waals surface area contributed by atoms with Gasteiger partial charge in [0.1, 0.15) is 24.7 Å². The number of rotatable bonds is 10. The number of ether oxygens (including phenoxy) is 4. The standard InChI is InChI=1S/C21H19NO6/c1-2-20(23)27-14-12-25-11-13-26-18-9-5-17(6-10-18)21(24)28-19-7-3-16(15-22)4-8-19/h2-10H,1,11-14H2. The molecule has 7 heteroatoms. The third kappa shape index (κ3) is 6.94. The fourth-order valence-electron chi connectivity index (χ4n) is 2.03. The quantitative estimate of drug-likeness (QED) is 0.270. The molecular formula is C21H19NO6. The Hall–Kier alpha value is -3.63. The minimum atomic E-state index is -0.506. The van der Waals surface area contributed by atoms with Gasteiger partial charge in [-0.15, -0.1) is 0 Å². The van der Waals surface area contributed by atoms with Crippen molar-refractivity contribution in [3.8, 4) is 17.6 Å². The van der Waals surface area contributed by atoms with Crippen molar-refractivity contribution in [1.82, 2.24) is 0 Å². The summed E-state index contributed by atoms with van der Waals surface area (Å²) in [6.45, 7) is 4.35. The fourth-order valence-corrected chi connectivity index (χ4v) is 2.03. The average molecular weight is 381 g/mol. The van der Waals surface area contributed by atoms with Crippen LogP contribution in [0, 0.1) is 11.3 Å². The Morgan fingerprint density at radius 2 is 1.57 bits per heavy atom. The lowest BCUT2D eigenvalue weighted by molar-refractivity contribution is -0.139. The molecule has 2 rings (SSSR count). The Kier molecular flexibility index (Phi) is 8.24. The van der Waals surface area contributed by atoms with E-state index in [0.717, 1.165) is 6.08 Å². The molecule has 0 aliphatic rings. The van der Waals surface area contributed by atoms with E-state index in [-0.39, 0.29) is 13.2 Å². The molecular weight excluding hydrogens is 362 g/mol. The van der Waals surface area contributed by atoms with Gasteiger partial charge in [-0.05, 0) is 48.5 Å². The smallest absolute Gasteiger partial charge is 0.343 e. The van der Waals surface area contributed by atoms with Gasteiger partial charge in [0.25, 0.3) is 0 Å². The van der Waals surface area contributed by atoms with Gasteiger partial charge in [-0.25, -0.2) is 9.59 Å². The van der Waals surface area contributed by atoms with Gasteiger partial charge in [-0.1, -0.05) is 6.58 Å².